The first-order valence-corrected chi connectivity index (χ1v) is 8.32. The van der Waals surface area contributed by atoms with Crippen molar-refractivity contribution in [2.24, 2.45) is 5.41 Å². The van der Waals surface area contributed by atoms with Gasteiger partial charge in [-0.05, 0) is 38.3 Å². The van der Waals surface area contributed by atoms with Gasteiger partial charge in [-0.1, -0.05) is 18.2 Å². The van der Waals surface area contributed by atoms with Gasteiger partial charge in [0.2, 0.25) is 5.91 Å². The molecule has 1 saturated heterocycles. The van der Waals surface area contributed by atoms with Crippen LogP contribution in [0.1, 0.15) is 31.7 Å². The van der Waals surface area contributed by atoms with Crippen LogP contribution in [0.2, 0.25) is 0 Å². The van der Waals surface area contributed by atoms with E-state index in [-0.39, 0.29) is 24.0 Å². The molecule has 23 heavy (non-hydrogen) atoms. The van der Waals surface area contributed by atoms with Crippen molar-refractivity contribution in [2.45, 2.75) is 39.2 Å². The molecule has 0 spiro atoms. The molecule has 3 N–H and O–H groups in total. The summed E-state index contributed by atoms with van der Waals surface area (Å²) in [5, 5.41) is 16.0. The van der Waals surface area contributed by atoms with E-state index in [1.807, 2.05) is 38.1 Å². The molecule has 0 radical (unpaired) electrons. The zero-order chi connectivity index (χ0) is 16.7. The second-order valence-electron chi connectivity index (χ2n) is 6.62. The average molecular weight is 320 g/mol. The molecule has 1 amide bonds. The summed E-state index contributed by atoms with van der Waals surface area (Å²) in [6.07, 6.45) is 2.13. The minimum absolute atomic E-state index is 0.00401. The Morgan fingerprint density at radius 3 is 2.70 bits per heavy atom. The summed E-state index contributed by atoms with van der Waals surface area (Å²) in [7, 11) is 0. The molecule has 1 aliphatic heterocycles. The lowest BCUT2D eigenvalue weighted by atomic mass is 9.81. The van der Waals surface area contributed by atoms with Crippen molar-refractivity contribution in [1.82, 2.24) is 5.32 Å². The Hall–Kier alpha value is -1.43. The first-order valence-electron chi connectivity index (χ1n) is 8.32. The third kappa shape index (κ3) is 5.30. The van der Waals surface area contributed by atoms with Crippen LogP contribution in [0.4, 0.5) is 5.69 Å². The highest BCUT2D eigenvalue weighted by molar-refractivity contribution is 5.91. The number of amides is 1. The summed E-state index contributed by atoms with van der Waals surface area (Å²) in [5.41, 5.74) is 1.81. The molecule has 1 aromatic carbocycles. The monoisotopic (exact) mass is 320 g/mol. The maximum Gasteiger partial charge on any atom is 0.225 e. The van der Waals surface area contributed by atoms with Crippen molar-refractivity contribution in [3.05, 3.63) is 29.8 Å². The van der Waals surface area contributed by atoms with Gasteiger partial charge < -0.3 is 20.5 Å². The second-order valence-corrected chi connectivity index (χ2v) is 6.62. The van der Waals surface area contributed by atoms with Gasteiger partial charge in [-0.15, -0.1) is 0 Å². The summed E-state index contributed by atoms with van der Waals surface area (Å²) in [4.78, 5) is 12.2. The number of para-hydroxylation sites is 1. The van der Waals surface area contributed by atoms with E-state index >= 15 is 0 Å². The first-order chi connectivity index (χ1) is 11.0. The molecular weight excluding hydrogens is 292 g/mol. The quantitative estimate of drug-likeness (QED) is 0.719. The Morgan fingerprint density at radius 1 is 1.35 bits per heavy atom. The number of hydrogen-bond donors (Lipinski definition) is 3. The van der Waals surface area contributed by atoms with Gasteiger partial charge in [0.15, 0.2) is 0 Å². The van der Waals surface area contributed by atoms with E-state index < -0.39 is 0 Å². The number of nitrogens with one attached hydrogen (secondary N) is 2. The van der Waals surface area contributed by atoms with E-state index in [1.165, 1.54) is 0 Å². The highest BCUT2D eigenvalue weighted by atomic mass is 16.5. The number of ether oxygens (including phenoxy) is 1. The van der Waals surface area contributed by atoms with Gasteiger partial charge >= 0.3 is 0 Å². The van der Waals surface area contributed by atoms with Crippen LogP contribution in [-0.2, 0) is 9.53 Å². The lowest BCUT2D eigenvalue weighted by molar-refractivity contribution is -0.116. The van der Waals surface area contributed by atoms with Crippen molar-refractivity contribution in [1.29, 1.82) is 0 Å². The number of benzene rings is 1. The Kier molecular flexibility index (Phi) is 6.57. The molecule has 1 aliphatic rings. The summed E-state index contributed by atoms with van der Waals surface area (Å²) < 4.78 is 5.37. The van der Waals surface area contributed by atoms with Gasteiger partial charge in [-0.25, -0.2) is 0 Å². The number of carbonyl (C=O) groups is 1. The van der Waals surface area contributed by atoms with Gasteiger partial charge in [0, 0.05) is 43.3 Å². The lowest BCUT2D eigenvalue weighted by Crippen LogP contribution is -2.45. The van der Waals surface area contributed by atoms with Gasteiger partial charge in [-0.2, -0.15) is 0 Å². The van der Waals surface area contributed by atoms with E-state index in [4.69, 9.17) is 4.74 Å². The molecule has 1 unspecified atom stereocenters. The molecule has 5 nitrogen and oxygen atoms in total. The number of anilines is 1. The predicted molar refractivity (Wildman–Crippen MR) is 91.5 cm³/mol. The van der Waals surface area contributed by atoms with Crippen molar-refractivity contribution in [3.8, 4) is 0 Å². The maximum absolute atomic E-state index is 12.2. The van der Waals surface area contributed by atoms with Crippen molar-refractivity contribution < 1.29 is 14.6 Å². The Bertz CT molecular complexity index is 513. The van der Waals surface area contributed by atoms with Crippen LogP contribution in [0.3, 0.4) is 0 Å². The minimum Gasteiger partial charge on any atom is -0.396 e. The molecule has 1 fully saturated rings. The van der Waals surface area contributed by atoms with Crippen LogP contribution in [0.5, 0.6) is 0 Å². The lowest BCUT2D eigenvalue weighted by Gasteiger charge is -2.36. The Balaban J connectivity index is 1.78. The second kappa shape index (κ2) is 8.43. The van der Waals surface area contributed by atoms with Crippen LogP contribution < -0.4 is 10.6 Å². The standard InChI is InChI=1S/C18H28N2O3/c1-14-5-3-4-6-16(14)20-17(22)11-15(2)19-12-18(13-21)7-9-23-10-8-18/h3-6,15,19,21H,7-13H2,1-2H3,(H,20,22). The SMILES string of the molecule is Cc1ccccc1NC(=O)CC(C)NCC1(CO)CCOCC1. The first kappa shape index (κ1) is 17.9. The Morgan fingerprint density at radius 2 is 2.04 bits per heavy atom. The van der Waals surface area contributed by atoms with Crippen LogP contribution >= 0.6 is 0 Å². The van der Waals surface area contributed by atoms with E-state index in [1.54, 1.807) is 0 Å². The van der Waals surface area contributed by atoms with E-state index in [0.717, 1.165) is 24.1 Å². The molecule has 5 heteroatoms. The fourth-order valence-corrected chi connectivity index (χ4v) is 2.85. The normalized spacial score (nSPS) is 18.4. The van der Waals surface area contributed by atoms with E-state index in [0.29, 0.717) is 26.2 Å². The highest BCUT2D eigenvalue weighted by Crippen LogP contribution is 2.29. The zero-order valence-corrected chi connectivity index (χ0v) is 14.1. The Labute approximate surface area is 138 Å². The van der Waals surface area contributed by atoms with Crippen LogP contribution in [-0.4, -0.2) is 43.4 Å². The topological polar surface area (TPSA) is 70.6 Å². The number of aryl methyl sites for hydroxylation is 1. The molecule has 0 aliphatic carbocycles. The highest BCUT2D eigenvalue weighted by Gasteiger charge is 2.32. The van der Waals surface area contributed by atoms with Gasteiger partial charge in [-0.3, -0.25) is 4.79 Å². The molecular formula is C18H28N2O3. The van der Waals surface area contributed by atoms with Crippen LogP contribution in [0.25, 0.3) is 0 Å². The molecule has 2 rings (SSSR count). The maximum atomic E-state index is 12.2. The third-order valence-corrected chi connectivity index (χ3v) is 4.63. The molecule has 0 saturated carbocycles. The van der Waals surface area contributed by atoms with Crippen LogP contribution in [0, 0.1) is 12.3 Å². The summed E-state index contributed by atoms with van der Waals surface area (Å²) in [6.45, 7) is 6.25. The molecule has 1 aromatic rings. The van der Waals surface area contributed by atoms with Crippen molar-refractivity contribution >= 4 is 11.6 Å². The molecule has 1 heterocycles. The molecule has 0 aromatic heterocycles. The molecule has 0 bridgehead atoms. The summed E-state index contributed by atoms with van der Waals surface area (Å²) >= 11 is 0. The van der Waals surface area contributed by atoms with Gasteiger partial charge in [0.05, 0.1) is 6.61 Å². The molecule has 128 valence electrons. The molecule has 1 atom stereocenters. The summed E-state index contributed by atoms with van der Waals surface area (Å²) in [5.74, 6) is 0.00401. The van der Waals surface area contributed by atoms with E-state index in [2.05, 4.69) is 10.6 Å². The van der Waals surface area contributed by atoms with E-state index in [9.17, 15) is 9.90 Å². The van der Waals surface area contributed by atoms with Gasteiger partial charge in [0.25, 0.3) is 0 Å². The average Bonchev–Trinajstić information content (AvgIpc) is 2.56. The van der Waals surface area contributed by atoms with Gasteiger partial charge in [0.1, 0.15) is 0 Å². The fraction of sp³-hybridized carbons (Fsp3) is 0.611. The smallest absolute Gasteiger partial charge is 0.225 e. The predicted octanol–water partition coefficient (Wildman–Crippen LogP) is 2.09. The minimum atomic E-state index is -0.112. The van der Waals surface area contributed by atoms with Crippen molar-refractivity contribution in [2.75, 3.05) is 31.7 Å². The van der Waals surface area contributed by atoms with Crippen molar-refractivity contribution in [3.63, 3.8) is 0 Å². The number of hydrogen-bond acceptors (Lipinski definition) is 4. The fourth-order valence-electron chi connectivity index (χ4n) is 2.85. The number of rotatable bonds is 7. The number of carbonyl (C=O) groups excluding carboxylic acids is 1. The number of aliphatic hydroxyl groups excluding tert-OH is 1. The zero-order valence-electron chi connectivity index (χ0n) is 14.1. The number of aliphatic hydroxyl groups is 1. The largest absolute Gasteiger partial charge is 0.396 e. The summed E-state index contributed by atoms with van der Waals surface area (Å²) in [6, 6.07) is 7.82. The third-order valence-electron chi connectivity index (χ3n) is 4.63. The van der Waals surface area contributed by atoms with Crippen LogP contribution in [0.15, 0.2) is 24.3 Å².